The molecule has 3 nitrogen and oxygen atoms in total. The molecule has 1 saturated carbocycles. The Morgan fingerprint density at radius 1 is 1.40 bits per heavy atom. The number of rotatable bonds is 3. The van der Waals surface area contributed by atoms with E-state index in [9.17, 15) is 4.79 Å². The summed E-state index contributed by atoms with van der Waals surface area (Å²) in [5.74, 6) is 0.732. The van der Waals surface area contributed by atoms with E-state index in [4.69, 9.17) is 4.74 Å². The Labute approximate surface area is 89.4 Å². The molecular formula is C12H15NO2. The fourth-order valence-corrected chi connectivity index (χ4v) is 1.47. The van der Waals surface area contributed by atoms with Gasteiger partial charge in [-0.2, -0.15) is 0 Å². The first-order chi connectivity index (χ1) is 7.19. The SMILES string of the molecule is CNC(=O)c1cc(C)cc(OC2CC2)c1. The summed E-state index contributed by atoms with van der Waals surface area (Å²) in [6.07, 6.45) is 2.62. The molecule has 3 heteroatoms. The zero-order valence-corrected chi connectivity index (χ0v) is 9.04. The van der Waals surface area contributed by atoms with Crippen molar-refractivity contribution in [1.29, 1.82) is 0 Å². The van der Waals surface area contributed by atoms with Gasteiger partial charge in [0, 0.05) is 12.6 Å². The van der Waals surface area contributed by atoms with Crippen LogP contribution in [0.1, 0.15) is 28.8 Å². The van der Waals surface area contributed by atoms with Crippen LogP contribution in [0.3, 0.4) is 0 Å². The van der Waals surface area contributed by atoms with Crippen LogP contribution < -0.4 is 10.1 Å². The van der Waals surface area contributed by atoms with Gasteiger partial charge in [0.2, 0.25) is 0 Å². The molecule has 80 valence electrons. The third-order valence-electron chi connectivity index (χ3n) is 2.37. The molecule has 1 aromatic carbocycles. The fraction of sp³-hybridized carbons (Fsp3) is 0.417. The normalized spacial score (nSPS) is 14.8. The molecule has 0 atom stereocenters. The molecule has 0 radical (unpaired) electrons. The Balaban J connectivity index is 2.22. The van der Waals surface area contributed by atoms with Gasteiger partial charge in [0.1, 0.15) is 5.75 Å². The van der Waals surface area contributed by atoms with Crippen molar-refractivity contribution < 1.29 is 9.53 Å². The third kappa shape index (κ3) is 2.49. The van der Waals surface area contributed by atoms with Crippen molar-refractivity contribution in [3.05, 3.63) is 29.3 Å². The van der Waals surface area contributed by atoms with Crippen LogP contribution in [0.5, 0.6) is 5.75 Å². The van der Waals surface area contributed by atoms with E-state index in [0.29, 0.717) is 11.7 Å². The highest BCUT2D eigenvalue weighted by atomic mass is 16.5. The van der Waals surface area contributed by atoms with Crippen LogP contribution in [0.4, 0.5) is 0 Å². The van der Waals surface area contributed by atoms with E-state index in [1.54, 1.807) is 13.1 Å². The molecular weight excluding hydrogens is 190 g/mol. The van der Waals surface area contributed by atoms with Crippen LogP contribution >= 0.6 is 0 Å². The smallest absolute Gasteiger partial charge is 0.251 e. The van der Waals surface area contributed by atoms with Gasteiger partial charge in [0.05, 0.1) is 6.10 Å². The number of aryl methyl sites for hydroxylation is 1. The average Bonchev–Trinajstić information content (AvgIpc) is 2.99. The van der Waals surface area contributed by atoms with E-state index in [0.717, 1.165) is 24.2 Å². The van der Waals surface area contributed by atoms with Gasteiger partial charge in [0.25, 0.3) is 5.91 Å². The van der Waals surface area contributed by atoms with Crippen molar-refractivity contribution in [1.82, 2.24) is 5.32 Å². The zero-order chi connectivity index (χ0) is 10.8. The van der Waals surface area contributed by atoms with Crippen LogP contribution in [-0.2, 0) is 0 Å². The number of amides is 1. The molecule has 1 aliphatic carbocycles. The van der Waals surface area contributed by atoms with Crippen LogP contribution in [0.25, 0.3) is 0 Å². The number of benzene rings is 1. The molecule has 2 rings (SSSR count). The predicted octanol–water partition coefficient (Wildman–Crippen LogP) is 1.90. The highest BCUT2D eigenvalue weighted by Crippen LogP contribution is 2.27. The summed E-state index contributed by atoms with van der Waals surface area (Å²) in [6, 6.07) is 5.62. The number of hydrogen-bond donors (Lipinski definition) is 1. The maximum Gasteiger partial charge on any atom is 0.251 e. The van der Waals surface area contributed by atoms with Crippen molar-refractivity contribution in [2.24, 2.45) is 0 Å². The Morgan fingerprint density at radius 3 is 2.73 bits per heavy atom. The molecule has 1 fully saturated rings. The van der Waals surface area contributed by atoms with Crippen molar-refractivity contribution in [2.75, 3.05) is 7.05 Å². The third-order valence-corrected chi connectivity index (χ3v) is 2.37. The summed E-state index contributed by atoms with van der Waals surface area (Å²) in [4.78, 5) is 11.5. The Morgan fingerprint density at radius 2 is 2.13 bits per heavy atom. The minimum atomic E-state index is -0.0700. The minimum absolute atomic E-state index is 0.0700. The molecule has 0 unspecified atom stereocenters. The fourth-order valence-electron chi connectivity index (χ4n) is 1.47. The monoisotopic (exact) mass is 205 g/mol. The predicted molar refractivity (Wildman–Crippen MR) is 58.2 cm³/mol. The molecule has 1 amide bonds. The van der Waals surface area contributed by atoms with Crippen molar-refractivity contribution in [3.63, 3.8) is 0 Å². The van der Waals surface area contributed by atoms with Gasteiger partial charge >= 0.3 is 0 Å². The lowest BCUT2D eigenvalue weighted by Gasteiger charge is -2.08. The number of carbonyl (C=O) groups is 1. The molecule has 0 aliphatic heterocycles. The van der Waals surface area contributed by atoms with Gasteiger partial charge in [-0.1, -0.05) is 0 Å². The van der Waals surface area contributed by atoms with E-state index in [1.165, 1.54) is 0 Å². The van der Waals surface area contributed by atoms with Crippen molar-refractivity contribution in [2.45, 2.75) is 25.9 Å². The second-order valence-corrected chi connectivity index (χ2v) is 3.93. The van der Waals surface area contributed by atoms with Gasteiger partial charge in [-0.3, -0.25) is 4.79 Å². The quantitative estimate of drug-likeness (QED) is 0.818. The van der Waals surface area contributed by atoms with Crippen LogP contribution in [0.2, 0.25) is 0 Å². The first-order valence-electron chi connectivity index (χ1n) is 5.19. The molecule has 15 heavy (non-hydrogen) atoms. The van der Waals surface area contributed by atoms with Crippen LogP contribution in [0, 0.1) is 6.92 Å². The van der Waals surface area contributed by atoms with Gasteiger partial charge in [-0.05, 0) is 43.5 Å². The number of ether oxygens (including phenoxy) is 1. The Kier molecular flexibility index (Phi) is 2.62. The number of nitrogens with one attached hydrogen (secondary N) is 1. The van der Waals surface area contributed by atoms with Gasteiger partial charge < -0.3 is 10.1 Å². The molecule has 0 heterocycles. The molecule has 0 saturated heterocycles. The molecule has 0 spiro atoms. The standard InChI is InChI=1S/C12H15NO2/c1-8-5-9(12(14)13-2)7-11(6-8)15-10-3-4-10/h5-7,10H,3-4H2,1-2H3,(H,13,14). The van der Waals surface area contributed by atoms with Gasteiger partial charge in [0.15, 0.2) is 0 Å². The highest BCUT2D eigenvalue weighted by Gasteiger charge is 2.23. The van der Waals surface area contributed by atoms with Gasteiger partial charge in [-0.25, -0.2) is 0 Å². The number of carbonyl (C=O) groups excluding carboxylic acids is 1. The van der Waals surface area contributed by atoms with Crippen molar-refractivity contribution >= 4 is 5.91 Å². The van der Waals surface area contributed by atoms with E-state index >= 15 is 0 Å². The molecule has 0 bridgehead atoms. The second-order valence-electron chi connectivity index (χ2n) is 3.93. The lowest BCUT2D eigenvalue weighted by molar-refractivity contribution is 0.0962. The molecule has 1 N–H and O–H groups in total. The summed E-state index contributed by atoms with van der Waals surface area (Å²) < 4.78 is 5.66. The van der Waals surface area contributed by atoms with E-state index in [-0.39, 0.29) is 5.91 Å². The van der Waals surface area contributed by atoms with E-state index in [1.807, 2.05) is 19.1 Å². The maximum atomic E-state index is 11.5. The highest BCUT2D eigenvalue weighted by molar-refractivity contribution is 5.94. The summed E-state index contributed by atoms with van der Waals surface area (Å²) in [5.41, 5.74) is 1.71. The first kappa shape index (κ1) is 10.0. The second kappa shape index (κ2) is 3.93. The largest absolute Gasteiger partial charge is 0.490 e. The molecule has 1 aromatic rings. The lowest BCUT2D eigenvalue weighted by atomic mass is 10.1. The average molecular weight is 205 g/mol. The van der Waals surface area contributed by atoms with Crippen LogP contribution in [0.15, 0.2) is 18.2 Å². The summed E-state index contributed by atoms with van der Waals surface area (Å²) in [5, 5.41) is 2.61. The molecule has 1 aliphatic rings. The van der Waals surface area contributed by atoms with E-state index < -0.39 is 0 Å². The maximum absolute atomic E-state index is 11.5. The van der Waals surface area contributed by atoms with E-state index in [2.05, 4.69) is 5.32 Å². The topological polar surface area (TPSA) is 38.3 Å². The number of hydrogen-bond acceptors (Lipinski definition) is 2. The Hall–Kier alpha value is -1.51. The van der Waals surface area contributed by atoms with Crippen molar-refractivity contribution in [3.8, 4) is 5.75 Å². The minimum Gasteiger partial charge on any atom is -0.490 e. The summed E-state index contributed by atoms with van der Waals surface area (Å²) >= 11 is 0. The van der Waals surface area contributed by atoms with Crippen LogP contribution in [-0.4, -0.2) is 19.1 Å². The summed E-state index contributed by atoms with van der Waals surface area (Å²) in [7, 11) is 1.63. The first-order valence-corrected chi connectivity index (χ1v) is 5.19. The van der Waals surface area contributed by atoms with Gasteiger partial charge in [-0.15, -0.1) is 0 Å². The Bertz CT molecular complexity index is 383. The lowest BCUT2D eigenvalue weighted by Crippen LogP contribution is -2.18. The summed E-state index contributed by atoms with van der Waals surface area (Å²) in [6.45, 7) is 1.96. The molecule has 0 aromatic heterocycles. The zero-order valence-electron chi connectivity index (χ0n) is 9.04.